The van der Waals surface area contributed by atoms with E-state index in [0.29, 0.717) is 46.2 Å². The third-order valence-corrected chi connectivity index (χ3v) is 10.2. The molecule has 6 heterocycles. The van der Waals surface area contributed by atoms with Crippen LogP contribution in [0.15, 0.2) is 30.3 Å². The van der Waals surface area contributed by atoms with E-state index in [0.717, 1.165) is 47.6 Å². The maximum Gasteiger partial charge on any atom is 0.319 e. The topological polar surface area (TPSA) is 95.9 Å². The number of fused-ring (bicyclic) bond motifs is 5. The van der Waals surface area contributed by atoms with Crippen molar-refractivity contribution < 1.29 is 14.6 Å². The molecule has 4 aliphatic heterocycles. The zero-order valence-electron chi connectivity index (χ0n) is 22.1. The maximum atomic E-state index is 10.3. The van der Waals surface area contributed by atoms with E-state index in [4.69, 9.17) is 36.0 Å². The molecule has 0 spiro atoms. The van der Waals surface area contributed by atoms with Gasteiger partial charge in [0.25, 0.3) is 5.19 Å². The fraction of sp³-hybridized carbons (Fsp3) is 0.483. The first-order chi connectivity index (χ1) is 19.5. The summed E-state index contributed by atoms with van der Waals surface area (Å²) in [6.07, 6.45) is 7.13. The smallest absolute Gasteiger partial charge is 0.319 e. The number of phenols is 1. The maximum absolute atomic E-state index is 10.3. The van der Waals surface area contributed by atoms with Gasteiger partial charge in [0, 0.05) is 36.6 Å². The zero-order chi connectivity index (χ0) is 26.8. The second kappa shape index (κ2) is 9.58. The van der Waals surface area contributed by atoms with Crippen LogP contribution in [0.1, 0.15) is 38.5 Å². The highest BCUT2D eigenvalue weighted by atomic mass is 35.5. The molecule has 4 saturated heterocycles. The average molecular weight is 579 g/mol. The Morgan fingerprint density at radius 3 is 2.67 bits per heavy atom. The molecule has 4 aliphatic rings. The lowest BCUT2D eigenvalue weighted by Crippen LogP contribution is -2.51. The van der Waals surface area contributed by atoms with Crippen LogP contribution in [0.5, 0.6) is 22.7 Å². The van der Waals surface area contributed by atoms with Gasteiger partial charge in [-0.25, -0.2) is 0 Å². The highest BCUT2D eigenvalue weighted by Gasteiger charge is 2.45. The summed E-state index contributed by atoms with van der Waals surface area (Å²) >= 11 is 7.89. The summed E-state index contributed by atoms with van der Waals surface area (Å²) < 4.78 is 12.7. The zero-order valence-corrected chi connectivity index (χ0v) is 23.7. The molecule has 2 bridgehead atoms. The number of thiazole rings is 1. The number of nitrogens with zero attached hydrogens (tertiary/aromatic N) is 5. The van der Waals surface area contributed by atoms with Crippen LogP contribution < -0.4 is 19.7 Å². The number of piperazine rings is 1. The number of aromatic hydroxyl groups is 1. The predicted molar refractivity (Wildman–Crippen MR) is 156 cm³/mol. The fourth-order valence-electron chi connectivity index (χ4n) is 7.23. The van der Waals surface area contributed by atoms with Gasteiger partial charge in [-0.1, -0.05) is 35.1 Å². The number of aromatic nitrogens is 3. The van der Waals surface area contributed by atoms with Gasteiger partial charge >= 0.3 is 6.01 Å². The van der Waals surface area contributed by atoms with Gasteiger partial charge in [0.15, 0.2) is 10.6 Å². The van der Waals surface area contributed by atoms with Crippen molar-refractivity contribution in [3.63, 3.8) is 0 Å². The molecule has 0 saturated carbocycles. The number of hydrogen-bond donors (Lipinski definition) is 2. The summed E-state index contributed by atoms with van der Waals surface area (Å²) in [6, 6.07) is 10.1. The van der Waals surface area contributed by atoms with Crippen LogP contribution in [0.4, 0.5) is 5.82 Å². The normalized spacial score (nSPS) is 23.8. The molecular weight excluding hydrogens is 548 g/mol. The number of hydrogen-bond acceptors (Lipinski definition) is 10. The van der Waals surface area contributed by atoms with Gasteiger partial charge in [0.1, 0.15) is 23.6 Å². The SMILES string of the molecule is Oc1cc(Oc2nc3c(N4CC5CCC(C4)N5)nc(OCC45CCCN4CCC5)nc3s2)c2c(Cl)cccc2c1. The summed E-state index contributed by atoms with van der Waals surface area (Å²) in [5.41, 5.74) is 0.829. The van der Waals surface area contributed by atoms with Gasteiger partial charge in [-0.05, 0) is 69.1 Å². The second-order valence-corrected chi connectivity index (χ2v) is 12.9. The van der Waals surface area contributed by atoms with Gasteiger partial charge in [0.2, 0.25) is 0 Å². The van der Waals surface area contributed by atoms with E-state index < -0.39 is 0 Å². The van der Waals surface area contributed by atoms with Gasteiger partial charge in [0.05, 0.1) is 10.6 Å². The molecule has 9 nitrogen and oxygen atoms in total. The van der Waals surface area contributed by atoms with Crippen molar-refractivity contribution in [3.05, 3.63) is 35.4 Å². The quantitative estimate of drug-likeness (QED) is 0.314. The lowest BCUT2D eigenvalue weighted by molar-refractivity contribution is 0.108. The first-order valence-electron chi connectivity index (χ1n) is 14.2. The Balaban J connectivity index is 1.17. The van der Waals surface area contributed by atoms with Crippen LogP contribution in [0, 0.1) is 0 Å². The van der Waals surface area contributed by atoms with E-state index >= 15 is 0 Å². The van der Waals surface area contributed by atoms with E-state index in [1.54, 1.807) is 12.1 Å². The molecule has 0 amide bonds. The van der Waals surface area contributed by atoms with Gasteiger partial charge < -0.3 is 24.8 Å². The van der Waals surface area contributed by atoms with Crippen LogP contribution in [0.25, 0.3) is 21.1 Å². The minimum Gasteiger partial charge on any atom is -0.508 e. The Bertz CT molecular complexity index is 1590. The number of halogens is 1. The fourth-order valence-corrected chi connectivity index (χ4v) is 8.30. The van der Waals surface area contributed by atoms with Crippen molar-refractivity contribution in [1.82, 2.24) is 25.2 Å². The lowest BCUT2D eigenvalue weighted by atomic mass is 9.95. The lowest BCUT2D eigenvalue weighted by Gasteiger charge is -2.34. The van der Waals surface area contributed by atoms with E-state index in [9.17, 15) is 5.11 Å². The van der Waals surface area contributed by atoms with Crippen LogP contribution in [-0.2, 0) is 0 Å². The molecule has 40 heavy (non-hydrogen) atoms. The average Bonchev–Trinajstić information content (AvgIpc) is 3.69. The molecule has 0 aliphatic carbocycles. The summed E-state index contributed by atoms with van der Waals surface area (Å²) in [5, 5.41) is 16.5. The molecule has 4 fully saturated rings. The van der Waals surface area contributed by atoms with Gasteiger partial charge in [-0.3, -0.25) is 4.90 Å². The third kappa shape index (κ3) is 4.24. The number of ether oxygens (including phenoxy) is 2. The summed E-state index contributed by atoms with van der Waals surface area (Å²) in [6.45, 7) is 4.67. The molecule has 8 rings (SSSR count). The first-order valence-corrected chi connectivity index (χ1v) is 15.4. The van der Waals surface area contributed by atoms with E-state index in [1.807, 2.05) is 18.2 Å². The number of rotatable bonds is 6. The molecule has 0 radical (unpaired) electrons. The molecule has 2 N–H and O–H groups in total. The van der Waals surface area contributed by atoms with Crippen molar-refractivity contribution in [1.29, 1.82) is 0 Å². The van der Waals surface area contributed by atoms with Crippen molar-refractivity contribution in [3.8, 4) is 22.7 Å². The van der Waals surface area contributed by atoms with Crippen molar-refractivity contribution >= 4 is 49.9 Å². The monoisotopic (exact) mass is 578 g/mol. The van der Waals surface area contributed by atoms with Gasteiger partial charge in [-0.2, -0.15) is 15.0 Å². The Morgan fingerprint density at radius 1 is 1.07 bits per heavy atom. The Labute approximate surface area is 241 Å². The third-order valence-electron chi connectivity index (χ3n) is 9.07. The summed E-state index contributed by atoms with van der Waals surface area (Å²) in [7, 11) is 0. The van der Waals surface area contributed by atoms with Crippen LogP contribution in [0.2, 0.25) is 5.02 Å². The molecule has 208 valence electrons. The summed E-state index contributed by atoms with van der Waals surface area (Å²) in [4.78, 5) is 20.3. The second-order valence-electron chi connectivity index (χ2n) is 11.6. The van der Waals surface area contributed by atoms with Gasteiger partial charge in [-0.15, -0.1) is 0 Å². The predicted octanol–water partition coefficient (Wildman–Crippen LogP) is 5.34. The number of phenolic OH excluding ortho intramolecular Hbond substituents is 1. The van der Waals surface area contributed by atoms with Crippen molar-refractivity contribution in [2.75, 3.05) is 37.7 Å². The molecule has 2 atom stereocenters. The minimum atomic E-state index is 0.102. The number of benzene rings is 2. The first kappa shape index (κ1) is 24.8. The highest BCUT2D eigenvalue weighted by Crippen LogP contribution is 2.42. The van der Waals surface area contributed by atoms with Crippen molar-refractivity contribution in [2.45, 2.75) is 56.1 Å². The van der Waals surface area contributed by atoms with Crippen molar-refractivity contribution in [2.24, 2.45) is 0 Å². The largest absolute Gasteiger partial charge is 0.508 e. The van der Waals surface area contributed by atoms with E-state index in [2.05, 4.69) is 15.1 Å². The van der Waals surface area contributed by atoms with Crippen LogP contribution >= 0.6 is 22.9 Å². The molecule has 2 unspecified atom stereocenters. The molecule has 2 aromatic carbocycles. The number of anilines is 1. The Kier molecular flexibility index (Phi) is 5.95. The summed E-state index contributed by atoms with van der Waals surface area (Å²) in [5.74, 6) is 1.36. The molecule has 4 aromatic rings. The molecular formula is C29H31ClN6O3S. The van der Waals surface area contributed by atoms with E-state index in [1.165, 1.54) is 49.9 Å². The highest BCUT2D eigenvalue weighted by molar-refractivity contribution is 7.19. The van der Waals surface area contributed by atoms with Crippen LogP contribution in [0.3, 0.4) is 0 Å². The van der Waals surface area contributed by atoms with E-state index in [-0.39, 0.29) is 11.3 Å². The molecule has 2 aromatic heterocycles. The minimum absolute atomic E-state index is 0.102. The molecule has 11 heteroatoms. The Morgan fingerprint density at radius 2 is 1.88 bits per heavy atom. The number of nitrogens with one attached hydrogen (secondary N) is 1. The standard InChI is InChI=1S/C29H31ClN6O3S/c30-21-5-1-4-17-12-20(37)13-22(23(17)21)39-28-32-24-25(35-14-18-6-7-19(15-35)31-18)33-27(34-26(24)40-28)38-16-29-8-2-10-36(29)11-3-9-29/h1,4-5,12-13,18-19,31,37H,2-3,6-11,14-16H2. The Hall–Kier alpha value is -2.92. The van der Waals surface area contributed by atoms with Crippen LogP contribution in [-0.4, -0.2) is 75.4 Å².